The van der Waals surface area contributed by atoms with Crippen molar-refractivity contribution < 1.29 is 4.39 Å². The molecule has 3 N–H and O–H groups in total. The van der Waals surface area contributed by atoms with Crippen molar-refractivity contribution in [2.75, 3.05) is 0 Å². The van der Waals surface area contributed by atoms with E-state index in [1.54, 1.807) is 12.1 Å². The quantitative estimate of drug-likeness (QED) is 0.422. The summed E-state index contributed by atoms with van der Waals surface area (Å²) >= 11 is 0. The summed E-state index contributed by atoms with van der Waals surface area (Å²) in [5, 5.41) is 4.55. The van der Waals surface area contributed by atoms with Crippen LogP contribution in [0.15, 0.2) is 65.6 Å². The predicted molar refractivity (Wildman–Crippen MR) is 117 cm³/mol. The first-order valence-electron chi connectivity index (χ1n) is 10.1. The van der Waals surface area contributed by atoms with Crippen molar-refractivity contribution in [2.24, 2.45) is 0 Å². The number of hydrogen-bond donors (Lipinski definition) is 3. The highest BCUT2D eigenvalue weighted by Gasteiger charge is 2.19. The summed E-state index contributed by atoms with van der Waals surface area (Å²) in [6.45, 7) is 4.32. The normalized spacial score (nSPS) is 12.5. The van der Waals surface area contributed by atoms with Crippen LogP contribution in [-0.4, -0.2) is 15.0 Å². The van der Waals surface area contributed by atoms with E-state index < -0.39 is 0 Å². The number of fused-ring (bicyclic) bond motifs is 1. The van der Waals surface area contributed by atoms with Crippen molar-refractivity contribution in [1.82, 2.24) is 20.3 Å². The maximum absolute atomic E-state index is 14.1. The molecule has 0 fully saturated rings. The molecule has 0 radical (unpaired) electrons. The van der Waals surface area contributed by atoms with E-state index in [4.69, 9.17) is 4.98 Å². The Morgan fingerprint density at radius 1 is 1.07 bits per heavy atom. The number of benzene rings is 2. The number of aromatic nitrogens is 3. The van der Waals surface area contributed by atoms with Crippen molar-refractivity contribution in [3.05, 3.63) is 99.6 Å². The van der Waals surface area contributed by atoms with Gasteiger partial charge < -0.3 is 15.3 Å². The summed E-state index contributed by atoms with van der Waals surface area (Å²) in [5.41, 5.74) is 3.23. The highest BCUT2D eigenvalue weighted by Crippen LogP contribution is 2.24. The summed E-state index contributed by atoms with van der Waals surface area (Å²) in [6.07, 6.45) is 2.60. The van der Waals surface area contributed by atoms with Gasteiger partial charge in [-0.05, 0) is 24.1 Å². The second-order valence-corrected chi connectivity index (χ2v) is 7.80. The Balaban J connectivity index is 1.69. The maximum atomic E-state index is 14.1. The average molecular weight is 404 g/mol. The van der Waals surface area contributed by atoms with E-state index in [0.717, 1.165) is 16.5 Å². The number of aromatic amines is 2. The summed E-state index contributed by atoms with van der Waals surface area (Å²) in [6, 6.07) is 16.1. The molecule has 0 spiro atoms. The van der Waals surface area contributed by atoms with E-state index in [9.17, 15) is 9.18 Å². The van der Waals surface area contributed by atoms with Gasteiger partial charge in [0.1, 0.15) is 11.6 Å². The number of para-hydroxylation sites is 1. The summed E-state index contributed by atoms with van der Waals surface area (Å²) < 4.78 is 14.1. The Labute approximate surface area is 174 Å². The van der Waals surface area contributed by atoms with Crippen LogP contribution < -0.4 is 10.9 Å². The first kappa shape index (κ1) is 20.0. The zero-order chi connectivity index (χ0) is 21.1. The third-order valence-electron chi connectivity index (χ3n) is 5.28. The Bertz CT molecular complexity index is 1210. The van der Waals surface area contributed by atoms with Crippen LogP contribution in [0.4, 0.5) is 4.39 Å². The fourth-order valence-corrected chi connectivity index (χ4v) is 3.62. The molecule has 0 aliphatic carbocycles. The van der Waals surface area contributed by atoms with Crippen LogP contribution in [0.2, 0.25) is 0 Å². The molecular weight excluding hydrogens is 379 g/mol. The minimum Gasteiger partial charge on any atom is -0.361 e. The third-order valence-corrected chi connectivity index (χ3v) is 5.28. The van der Waals surface area contributed by atoms with Crippen molar-refractivity contribution >= 4 is 10.9 Å². The lowest BCUT2D eigenvalue weighted by molar-refractivity contribution is 0.500. The summed E-state index contributed by atoms with van der Waals surface area (Å²) in [7, 11) is 0. The lowest BCUT2D eigenvalue weighted by Gasteiger charge is -2.19. The van der Waals surface area contributed by atoms with E-state index in [-0.39, 0.29) is 23.3 Å². The smallest absolute Gasteiger partial charge is 0.251 e. The standard InChI is InChI=1S/C24H25FN4O/c1-15(2)24-28-22(12-23(30)29-24)21(27-13-16-7-3-5-9-19(16)25)11-17-14-26-20-10-6-4-8-18(17)20/h3-10,12,14-15,21,26-27H,11,13H2,1-2H3,(H,28,29,30). The van der Waals surface area contributed by atoms with Gasteiger partial charge in [-0.1, -0.05) is 50.2 Å². The highest BCUT2D eigenvalue weighted by atomic mass is 19.1. The van der Waals surface area contributed by atoms with E-state index in [1.165, 1.54) is 12.1 Å². The van der Waals surface area contributed by atoms with E-state index >= 15 is 0 Å². The summed E-state index contributed by atoms with van der Waals surface area (Å²) in [4.78, 5) is 23.1. The molecule has 2 heterocycles. The van der Waals surface area contributed by atoms with E-state index in [1.807, 2.05) is 44.3 Å². The molecule has 1 unspecified atom stereocenters. The number of halogens is 1. The fraction of sp³-hybridized carbons (Fsp3) is 0.250. The van der Waals surface area contributed by atoms with Crippen molar-refractivity contribution in [3.8, 4) is 0 Å². The van der Waals surface area contributed by atoms with Crippen LogP contribution in [0.25, 0.3) is 10.9 Å². The number of nitrogens with one attached hydrogen (secondary N) is 3. The lowest BCUT2D eigenvalue weighted by Crippen LogP contribution is -2.27. The number of hydrogen-bond acceptors (Lipinski definition) is 3. The predicted octanol–water partition coefficient (Wildman–Crippen LogP) is 4.59. The minimum absolute atomic E-state index is 0.0953. The van der Waals surface area contributed by atoms with Gasteiger partial charge in [0.2, 0.25) is 0 Å². The van der Waals surface area contributed by atoms with Crippen molar-refractivity contribution in [2.45, 2.75) is 38.8 Å². The third kappa shape index (κ3) is 4.33. The Morgan fingerprint density at radius 2 is 1.83 bits per heavy atom. The van der Waals surface area contributed by atoms with Gasteiger partial charge in [0, 0.05) is 41.2 Å². The molecule has 2 aromatic carbocycles. The molecule has 2 aromatic heterocycles. The SMILES string of the molecule is CC(C)c1nc(C(Cc2c[nH]c3ccccc23)NCc2ccccc2F)cc(=O)[nH]1. The van der Waals surface area contributed by atoms with Crippen LogP contribution in [0.5, 0.6) is 0 Å². The first-order valence-corrected chi connectivity index (χ1v) is 10.1. The molecule has 1 atom stereocenters. The zero-order valence-electron chi connectivity index (χ0n) is 17.1. The molecule has 0 amide bonds. The van der Waals surface area contributed by atoms with Gasteiger partial charge >= 0.3 is 0 Å². The molecule has 154 valence electrons. The molecule has 6 heteroatoms. The molecule has 4 rings (SSSR count). The molecule has 5 nitrogen and oxygen atoms in total. The van der Waals surface area contributed by atoms with Gasteiger partial charge in [0.05, 0.1) is 11.7 Å². The Hall–Kier alpha value is -3.25. The number of H-pyrrole nitrogens is 2. The second kappa shape index (κ2) is 8.63. The Morgan fingerprint density at radius 3 is 2.63 bits per heavy atom. The maximum Gasteiger partial charge on any atom is 0.251 e. The van der Waals surface area contributed by atoms with E-state index in [0.29, 0.717) is 30.0 Å². The van der Waals surface area contributed by atoms with E-state index in [2.05, 4.69) is 21.4 Å². The van der Waals surface area contributed by atoms with Gasteiger partial charge in [-0.2, -0.15) is 0 Å². The van der Waals surface area contributed by atoms with Gasteiger partial charge in [0.15, 0.2) is 0 Å². The highest BCUT2D eigenvalue weighted by molar-refractivity contribution is 5.83. The van der Waals surface area contributed by atoms with Gasteiger partial charge in [-0.15, -0.1) is 0 Å². The van der Waals surface area contributed by atoms with Crippen molar-refractivity contribution in [1.29, 1.82) is 0 Å². The average Bonchev–Trinajstić information content (AvgIpc) is 3.14. The fourth-order valence-electron chi connectivity index (χ4n) is 3.62. The summed E-state index contributed by atoms with van der Waals surface area (Å²) in [5.74, 6) is 0.490. The minimum atomic E-state index is -0.252. The van der Waals surface area contributed by atoms with Gasteiger partial charge in [-0.3, -0.25) is 4.79 Å². The first-order chi connectivity index (χ1) is 14.5. The van der Waals surface area contributed by atoms with Crippen LogP contribution >= 0.6 is 0 Å². The molecule has 0 bridgehead atoms. The van der Waals surface area contributed by atoms with Gasteiger partial charge in [-0.25, -0.2) is 9.37 Å². The second-order valence-electron chi connectivity index (χ2n) is 7.80. The monoisotopic (exact) mass is 404 g/mol. The molecule has 4 aromatic rings. The molecule has 0 aliphatic heterocycles. The van der Waals surface area contributed by atoms with Crippen molar-refractivity contribution in [3.63, 3.8) is 0 Å². The molecule has 0 saturated heterocycles. The molecule has 0 saturated carbocycles. The Kier molecular flexibility index (Phi) is 5.77. The molecule has 0 aliphatic rings. The largest absolute Gasteiger partial charge is 0.361 e. The number of rotatable bonds is 7. The van der Waals surface area contributed by atoms with Crippen LogP contribution in [0.1, 0.15) is 48.5 Å². The number of nitrogens with zero attached hydrogens (tertiary/aromatic N) is 1. The molecule has 30 heavy (non-hydrogen) atoms. The lowest BCUT2D eigenvalue weighted by atomic mass is 10.0. The topological polar surface area (TPSA) is 73.6 Å². The van der Waals surface area contributed by atoms with Crippen LogP contribution in [0, 0.1) is 5.82 Å². The van der Waals surface area contributed by atoms with Gasteiger partial charge in [0.25, 0.3) is 5.56 Å². The zero-order valence-corrected chi connectivity index (χ0v) is 17.1. The van der Waals surface area contributed by atoms with Crippen LogP contribution in [-0.2, 0) is 13.0 Å². The molecular formula is C24H25FN4O. The van der Waals surface area contributed by atoms with Crippen LogP contribution in [0.3, 0.4) is 0 Å².